The average Bonchev–Trinajstić information content (AvgIpc) is 3.01. The smallest absolute Gasteiger partial charge is 0.322 e. The fourth-order valence-corrected chi connectivity index (χ4v) is 2.86. The van der Waals surface area contributed by atoms with E-state index >= 15 is 0 Å². The largest absolute Gasteiger partial charge is 0.346 e. The number of hydrogen-bond donors (Lipinski definition) is 1. The second kappa shape index (κ2) is 6.53. The third kappa shape index (κ3) is 2.96. The van der Waals surface area contributed by atoms with Crippen LogP contribution in [-0.4, -0.2) is 38.5 Å². The van der Waals surface area contributed by atoms with Gasteiger partial charge in [-0.05, 0) is 44.5 Å². The Kier molecular flexibility index (Phi) is 4.53. The molecular formula is C17H17ClFN5O2. The van der Waals surface area contributed by atoms with Crippen LogP contribution in [0.2, 0.25) is 5.15 Å². The van der Waals surface area contributed by atoms with Gasteiger partial charge in [-0.15, -0.1) is 5.01 Å². The molecule has 136 valence electrons. The third-order valence-electron chi connectivity index (χ3n) is 4.37. The molecule has 2 heterocycles. The van der Waals surface area contributed by atoms with Gasteiger partial charge in [-0.2, -0.15) is 10.2 Å². The van der Waals surface area contributed by atoms with Crippen LogP contribution < -0.4 is 5.32 Å². The highest BCUT2D eigenvalue weighted by Gasteiger charge is 2.46. The summed E-state index contributed by atoms with van der Waals surface area (Å²) < 4.78 is 14.5. The maximum absolute atomic E-state index is 13.1. The van der Waals surface area contributed by atoms with Gasteiger partial charge >= 0.3 is 6.03 Å². The predicted molar refractivity (Wildman–Crippen MR) is 94.9 cm³/mol. The summed E-state index contributed by atoms with van der Waals surface area (Å²) >= 11 is 6.36. The lowest BCUT2D eigenvalue weighted by Gasteiger charge is -2.17. The molecule has 1 aliphatic rings. The van der Waals surface area contributed by atoms with E-state index in [1.54, 1.807) is 32.9 Å². The van der Waals surface area contributed by atoms with E-state index in [-0.39, 0.29) is 11.0 Å². The number of aryl methyl sites for hydroxylation is 1. The Hall–Kier alpha value is -2.74. The van der Waals surface area contributed by atoms with Gasteiger partial charge in [0.05, 0.1) is 23.2 Å². The molecule has 0 radical (unpaired) electrons. The molecule has 0 bridgehead atoms. The Morgan fingerprint density at radius 1 is 1.35 bits per heavy atom. The summed E-state index contributed by atoms with van der Waals surface area (Å²) in [6.45, 7) is 5.17. The summed E-state index contributed by atoms with van der Waals surface area (Å²) in [6, 6.07) is 5.09. The van der Waals surface area contributed by atoms with Crippen LogP contribution in [0.4, 0.5) is 9.18 Å². The number of halogens is 2. The summed E-state index contributed by atoms with van der Waals surface area (Å²) in [5, 5.41) is 11.9. The number of aromatic nitrogens is 2. The molecule has 2 aromatic rings. The van der Waals surface area contributed by atoms with Gasteiger partial charge in [0.25, 0.3) is 5.91 Å². The molecule has 3 amide bonds. The monoisotopic (exact) mass is 377 g/mol. The molecule has 0 aliphatic carbocycles. The highest BCUT2D eigenvalue weighted by atomic mass is 35.5. The molecule has 1 unspecified atom stereocenters. The maximum Gasteiger partial charge on any atom is 0.346 e. The van der Waals surface area contributed by atoms with Crippen LogP contribution in [0.1, 0.15) is 31.5 Å². The Labute approximate surface area is 154 Å². The zero-order valence-electron chi connectivity index (χ0n) is 14.5. The predicted octanol–water partition coefficient (Wildman–Crippen LogP) is 3.03. The zero-order chi connectivity index (χ0) is 19.1. The second-order valence-corrected chi connectivity index (χ2v) is 6.51. The summed E-state index contributed by atoms with van der Waals surface area (Å²) in [4.78, 5) is 24.4. The quantitative estimate of drug-likeness (QED) is 0.657. The van der Waals surface area contributed by atoms with Crippen LogP contribution in [0, 0.1) is 12.7 Å². The van der Waals surface area contributed by atoms with Gasteiger partial charge in [0.15, 0.2) is 0 Å². The summed E-state index contributed by atoms with van der Waals surface area (Å²) in [6.07, 6.45) is 1.77. The Balaban J connectivity index is 1.91. The Bertz CT molecular complexity index is 909. The van der Waals surface area contributed by atoms with Crippen molar-refractivity contribution in [1.29, 1.82) is 0 Å². The van der Waals surface area contributed by atoms with Crippen LogP contribution in [0.5, 0.6) is 0 Å². The topological polar surface area (TPSA) is 79.6 Å². The van der Waals surface area contributed by atoms with Crippen molar-refractivity contribution in [3.05, 3.63) is 46.5 Å². The molecule has 1 atom stereocenters. The van der Waals surface area contributed by atoms with E-state index in [1.807, 2.05) is 0 Å². The molecule has 1 aromatic heterocycles. The van der Waals surface area contributed by atoms with Crippen LogP contribution in [0.15, 0.2) is 29.4 Å². The maximum atomic E-state index is 13.1. The number of carbonyl (C=O) groups is 2. The van der Waals surface area contributed by atoms with Crippen LogP contribution in [0.25, 0.3) is 5.69 Å². The molecule has 1 aromatic carbocycles. The first-order valence-corrected chi connectivity index (χ1v) is 8.36. The molecule has 1 saturated heterocycles. The summed E-state index contributed by atoms with van der Waals surface area (Å²) in [7, 11) is 0. The number of hydrazone groups is 1. The number of hydrogen-bond acceptors (Lipinski definition) is 4. The van der Waals surface area contributed by atoms with Crippen LogP contribution in [-0.2, 0) is 4.79 Å². The number of imide groups is 1. The van der Waals surface area contributed by atoms with Crippen molar-refractivity contribution in [1.82, 2.24) is 20.1 Å². The van der Waals surface area contributed by atoms with E-state index in [1.165, 1.54) is 23.0 Å². The fraction of sp³-hybridized carbons (Fsp3) is 0.294. The van der Waals surface area contributed by atoms with Crippen LogP contribution in [0.3, 0.4) is 0 Å². The van der Waals surface area contributed by atoms with Crippen molar-refractivity contribution in [2.75, 3.05) is 0 Å². The number of benzene rings is 1. The van der Waals surface area contributed by atoms with Gasteiger partial charge in [0.2, 0.25) is 0 Å². The zero-order valence-corrected chi connectivity index (χ0v) is 15.2. The highest BCUT2D eigenvalue weighted by molar-refractivity contribution is 6.32. The Morgan fingerprint density at radius 3 is 2.58 bits per heavy atom. The molecule has 0 saturated carbocycles. The van der Waals surface area contributed by atoms with Crippen molar-refractivity contribution in [2.45, 2.75) is 32.7 Å². The minimum atomic E-state index is -0.967. The number of nitrogens with zero attached hydrogens (tertiary/aromatic N) is 4. The lowest BCUT2D eigenvalue weighted by Crippen LogP contribution is -2.42. The fourth-order valence-electron chi connectivity index (χ4n) is 2.54. The van der Waals surface area contributed by atoms with E-state index in [0.29, 0.717) is 23.4 Å². The van der Waals surface area contributed by atoms with E-state index in [2.05, 4.69) is 15.5 Å². The molecule has 1 aliphatic heterocycles. The molecule has 9 heteroatoms. The average molecular weight is 378 g/mol. The van der Waals surface area contributed by atoms with Crippen molar-refractivity contribution < 1.29 is 14.0 Å². The SMILES string of the molecule is CCC1(C)NC(=O)N(/N=C/c2c(C)nn(-c3ccc(F)cc3)c2Cl)C1=O. The van der Waals surface area contributed by atoms with Crippen molar-refractivity contribution in [3.8, 4) is 5.69 Å². The van der Waals surface area contributed by atoms with E-state index in [4.69, 9.17) is 11.6 Å². The molecule has 7 nitrogen and oxygen atoms in total. The molecule has 0 spiro atoms. The number of urea groups is 1. The number of carbonyl (C=O) groups excluding carboxylic acids is 2. The van der Waals surface area contributed by atoms with Crippen molar-refractivity contribution in [3.63, 3.8) is 0 Å². The lowest BCUT2D eigenvalue weighted by molar-refractivity contribution is -0.130. The van der Waals surface area contributed by atoms with Crippen molar-refractivity contribution >= 4 is 29.8 Å². The number of rotatable bonds is 4. The third-order valence-corrected chi connectivity index (χ3v) is 4.73. The molecule has 1 N–H and O–H groups in total. The van der Waals surface area contributed by atoms with Crippen LogP contribution >= 0.6 is 11.6 Å². The minimum absolute atomic E-state index is 0.239. The van der Waals surface area contributed by atoms with E-state index in [9.17, 15) is 14.0 Å². The van der Waals surface area contributed by atoms with Gasteiger partial charge in [-0.25, -0.2) is 13.9 Å². The standard InChI is InChI=1S/C17H17ClFN5O2/c1-4-17(3)15(25)24(16(26)21-17)20-9-13-10(2)22-23(14(13)18)12-7-5-11(19)6-8-12/h5-9H,4H2,1-3H3,(H,21,26)/b20-9+. The summed E-state index contributed by atoms with van der Waals surface area (Å²) in [5.41, 5.74) is 0.619. The van der Waals surface area contributed by atoms with E-state index in [0.717, 1.165) is 5.01 Å². The minimum Gasteiger partial charge on any atom is -0.322 e. The molecule has 1 fully saturated rings. The Morgan fingerprint density at radius 2 is 2.00 bits per heavy atom. The van der Waals surface area contributed by atoms with Gasteiger partial charge in [0, 0.05) is 0 Å². The van der Waals surface area contributed by atoms with Gasteiger partial charge in [0.1, 0.15) is 16.5 Å². The van der Waals surface area contributed by atoms with Gasteiger partial charge in [-0.1, -0.05) is 18.5 Å². The summed E-state index contributed by atoms with van der Waals surface area (Å²) in [5.74, 6) is -0.797. The van der Waals surface area contributed by atoms with Gasteiger partial charge < -0.3 is 5.32 Å². The first-order valence-electron chi connectivity index (χ1n) is 7.98. The lowest BCUT2D eigenvalue weighted by atomic mass is 10.00. The highest BCUT2D eigenvalue weighted by Crippen LogP contribution is 2.24. The normalized spacial score (nSPS) is 20.3. The molecule has 26 heavy (non-hydrogen) atoms. The molecular weight excluding hydrogens is 361 g/mol. The first-order chi connectivity index (χ1) is 12.3. The van der Waals surface area contributed by atoms with E-state index < -0.39 is 17.5 Å². The second-order valence-electron chi connectivity index (χ2n) is 6.16. The number of amides is 3. The molecule has 3 rings (SSSR count). The number of nitrogens with one attached hydrogen (secondary N) is 1. The first kappa shape index (κ1) is 18.1. The van der Waals surface area contributed by atoms with Crippen molar-refractivity contribution in [2.24, 2.45) is 5.10 Å². The van der Waals surface area contributed by atoms with Gasteiger partial charge in [-0.3, -0.25) is 4.79 Å².